The molecule has 2 amide bonds. The third-order valence-electron chi connectivity index (χ3n) is 5.76. The summed E-state index contributed by atoms with van der Waals surface area (Å²) in [7, 11) is 0. The molecule has 1 aliphatic carbocycles. The maximum atomic E-state index is 12.7. The van der Waals surface area contributed by atoms with Crippen LogP contribution < -0.4 is 10.6 Å². The van der Waals surface area contributed by atoms with E-state index in [1.54, 1.807) is 20.8 Å². The number of hydrogen-bond acceptors (Lipinski definition) is 6. The van der Waals surface area contributed by atoms with E-state index in [0.717, 1.165) is 33.6 Å². The lowest BCUT2D eigenvalue weighted by Gasteiger charge is -2.25. The largest absolute Gasteiger partial charge is 0.477 e. The summed E-state index contributed by atoms with van der Waals surface area (Å²) < 4.78 is 5.53. The zero-order valence-electron chi connectivity index (χ0n) is 19.0. The Kier molecular flexibility index (Phi) is 6.39. The summed E-state index contributed by atoms with van der Waals surface area (Å²) in [5.41, 5.74) is 3.63. The number of aryl methyl sites for hydroxylation is 1. The summed E-state index contributed by atoms with van der Waals surface area (Å²) in [6.45, 7) is 4.95. The first-order chi connectivity index (χ1) is 16.2. The highest BCUT2D eigenvalue weighted by atomic mass is 32.1. The molecule has 9 heteroatoms. The molecule has 2 aromatic carbocycles. The molecule has 3 N–H and O–H groups in total. The van der Waals surface area contributed by atoms with Crippen LogP contribution in [-0.2, 0) is 16.1 Å². The van der Waals surface area contributed by atoms with E-state index in [9.17, 15) is 14.4 Å². The van der Waals surface area contributed by atoms with E-state index in [1.807, 2.05) is 36.4 Å². The highest BCUT2D eigenvalue weighted by molar-refractivity contribution is 7.13. The lowest BCUT2D eigenvalue weighted by atomic mass is 9.98. The van der Waals surface area contributed by atoms with Crippen LogP contribution in [-0.4, -0.2) is 40.2 Å². The van der Waals surface area contributed by atoms with Crippen molar-refractivity contribution in [1.29, 1.82) is 0 Å². The van der Waals surface area contributed by atoms with Gasteiger partial charge in [0.1, 0.15) is 22.0 Å². The molecule has 8 nitrogen and oxygen atoms in total. The highest BCUT2D eigenvalue weighted by Gasteiger charge is 2.32. The highest BCUT2D eigenvalue weighted by Crippen LogP contribution is 2.44. The SMILES string of the molecule is Cc1nc(CNC(=O)C(C)(C)NC(=O)OCC2c3ccccc3-c3ccccc32)sc1C(=O)O. The molecule has 1 aromatic heterocycles. The zero-order valence-corrected chi connectivity index (χ0v) is 19.9. The molecule has 0 atom stereocenters. The van der Waals surface area contributed by atoms with Crippen LogP contribution >= 0.6 is 11.3 Å². The smallest absolute Gasteiger partial charge is 0.408 e. The maximum Gasteiger partial charge on any atom is 0.408 e. The standard InChI is InChI=1S/C25H25N3O5S/c1-14-21(22(29)30)34-20(27-14)12-26-23(31)25(2,3)28-24(32)33-13-19-17-10-6-4-8-15(17)16-9-5-7-11-18(16)19/h4-11,19H,12-13H2,1-3H3,(H,26,31)(H,28,32)(H,29,30). The number of aromatic carboxylic acids is 1. The van der Waals surface area contributed by atoms with Crippen LogP contribution in [0.4, 0.5) is 4.79 Å². The monoisotopic (exact) mass is 479 g/mol. The number of nitrogens with zero attached hydrogens (tertiary/aromatic N) is 1. The normalized spacial score (nSPS) is 12.6. The van der Waals surface area contributed by atoms with Gasteiger partial charge in [0.25, 0.3) is 0 Å². The fourth-order valence-corrected chi connectivity index (χ4v) is 4.89. The minimum Gasteiger partial charge on any atom is -0.477 e. The lowest BCUT2D eigenvalue weighted by molar-refractivity contribution is -0.126. The molecule has 0 radical (unpaired) electrons. The third kappa shape index (κ3) is 4.65. The molecule has 0 fully saturated rings. The van der Waals surface area contributed by atoms with Crippen molar-refractivity contribution >= 4 is 29.3 Å². The van der Waals surface area contributed by atoms with Gasteiger partial charge in [0.05, 0.1) is 12.2 Å². The van der Waals surface area contributed by atoms with E-state index in [2.05, 4.69) is 27.8 Å². The van der Waals surface area contributed by atoms with E-state index in [1.165, 1.54) is 0 Å². The van der Waals surface area contributed by atoms with Gasteiger partial charge < -0.3 is 20.5 Å². The molecule has 0 saturated carbocycles. The first-order valence-electron chi connectivity index (χ1n) is 10.8. The predicted octanol–water partition coefficient (Wildman–Crippen LogP) is 4.08. The topological polar surface area (TPSA) is 118 Å². The Morgan fingerprint density at radius 1 is 1.06 bits per heavy atom. The van der Waals surface area contributed by atoms with Gasteiger partial charge in [0.15, 0.2) is 0 Å². The van der Waals surface area contributed by atoms with Crippen molar-refractivity contribution in [2.24, 2.45) is 0 Å². The van der Waals surface area contributed by atoms with Crippen molar-refractivity contribution in [3.05, 3.63) is 75.2 Å². The second-order valence-corrected chi connectivity index (χ2v) is 9.67. The molecule has 0 spiro atoms. The van der Waals surface area contributed by atoms with Gasteiger partial charge in [0, 0.05) is 5.92 Å². The average molecular weight is 480 g/mol. The minimum atomic E-state index is -1.25. The van der Waals surface area contributed by atoms with Crippen molar-refractivity contribution in [2.45, 2.75) is 38.8 Å². The zero-order chi connectivity index (χ0) is 24.5. The summed E-state index contributed by atoms with van der Waals surface area (Å²) >= 11 is 1.01. The fourth-order valence-electron chi connectivity index (χ4n) is 4.05. The quantitative estimate of drug-likeness (QED) is 0.470. The number of amides is 2. The molecule has 0 aliphatic heterocycles. The number of hydrogen-bond donors (Lipinski definition) is 3. The Hall–Kier alpha value is -3.72. The third-order valence-corrected chi connectivity index (χ3v) is 6.91. The van der Waals surface area contributed by atoms with Gasteiger partial charge >= 0.3 is 12.1 Å². The van der Waals surface area contributed by atoms with Crippen LogP contribution in [0.15, 0.2) is 48.5 Å². The van der Waals surface area contributed by atoms with E-state index < -0.39 is 23.5 Å². The summed E-state index contributed by atoms with van der Waals surface area (Å²) in [6.07, 6.45) is -0.694. The Balaban J connectivity index is 1.35. The molecular formula is C25H25N3O5S. The molecule has 0 saturated heterocycles. The van der Waals surface area contributed by atoms with E-state index in [4.69, 9.17) is 9.84 Å². The van der Waals surface area contributed by atoms with Crippen molar-refractivity contribution < 1.29 is 24.2 Å². The second kappa shape index (κ2) is 9.26. The summed E-state index contributed by atoms with van der Waals surface area (Å²) in [4.78, 5) is 40.7. The van der Waals surface area contributed by atoms with Crippen LogP contribution in [0.2, 0.25) is 0 Å². The summed E-state index contributed by atoms with van der Waals surface area (Å²) in [6, 6.07) is 16.1. The second-order valence-electron chi connectivity index (χ2n) is 8.59. The Bertz CT molecular complexity index is 1220. The number of carboxylic acids is 1. The van der Waals surface area contributed by atoms with Crippen molar-refractivity contribution in [3.63, 3.8) is 0 Å². The van der Waals surface area contributed by atoms with Crippen LogP contribution in [0.5, 0.6) is 0 Å². The molecule has 1 aliphatic rings. The van der Waals surface area contributed by atoms with Gasteiger partial charge in [-0.3, -0.25) is 4.79 Å². The number of nitrogens with one attached hydrogen (secondary N) is 2. The minimum absolute atomic E-state index is 0.0629. The van der Waals surface area contributed by atoms with Crippen LogP contribution in [0.1, 0.15) is 51.3 Å². The van der Waals surface area contributed by atoms with Crippen LogP contribution in [0, 0.1) is 6.92 Å². The summed E-state index contributed by atoms with van der Waals surface area (Å²) in [5.74, 6) is -1.57. The molecular weight excluding hydrogens is 454 g/mol. The average Bonchev–Trinajstić information content (AvgIpc) is 3.33. The number of carboxylic acid groups (broad SMARTS) is 1. The number of benzene rings is 2. The molecule has 1 heterocycles. The number of alkyl carbamates (subject to hydrolysis) is 1. The maximum absolute atomic E-state index is 12.7. The van der Waals surface area contributed by atoms with Gasteiger partial charge in [-0.2, -0.15) is 0 Å². The number of carbonyl (C=O) groups is 3. The lowest BCUT2D eigenvalue weighted by Crippen LogP contribution is -2.54. The number of carbonyl (C=O) groups excluding carboxylic acids is 2. The summed E-state index contributed by atoms with van der Waals surface area (Å²) in [5, 5.41) is 14.9. The van der Waals surface area contributed by atoms with Gasteiger partial charge in [-0.15, -0.1) is 11.3 Å². The Morgan fingerprint density at radius 3 is 2.21 bits per heavy atom. The van der Waals surface area contributed by atoms with Gasteiger partial charge in [-0.05, 0) is 43.0 Å². The van der Waals surface area contributed by atoms with Crippen molar-refractivity contribution in [2.75, 3.05) is 6.61 Å². The first kappa shape index (κ1) is 23.4. The van der Waals surface area contributed by atoms with Crippen LogP contribution in [0.3, 0.4) is 0 Å². The van der Waals surface area contributed by atoms with Gasteiger partial charge in [-0.25, -0.2) is 14.6 Å². The first-order valence-corrected chi connectivity index (χ1v) is 11.6. The number of aromatic nitrogens is 1. The predicted molar refractivity (Wildman–Crippen MR) is 128 cm³/mol. The van der Waals surface area contributed by atoms with Gasteiger partial charge in [0.2, 0.25) is 5.91 Å². The number of rotatable bonds is 7. The van der Waals surface area contributed by atoms with E-state index >= 15 is 0 Å². The van der Waals surface area contributed by atoms with Crippen molar-refractivity contribution in [1.82, 2.24) is 15.6 Å². The molecule has 0 bridgehead atoms. The molecule has 34 heavy (non-hydrogen) atoms. The Morgan fingerprint density at radius 2 is 1.65 bits per heavy atom. The van der Waals surface area contributed by atoms with Crippen LogP contribution in [0.25, 0.3) is 11.1 Å². The molecule has 0 unspecified atom stereocenters. The number of thiazole rings is 1. The molecule has 4 rings (SSSR count). The fraction of sp³-hybridized carbons (Fsp3) is 0.280. The number of ether oxygens (including phenoxy) is 1. The number of fused-ring (bicyclic) bond motifs is 3. The van der Waals surface area contributed by atoms with Gasteiger partial charge in [-0.1, -0.05) is 48.5 Å². The van der Waals surface area contributed by atoms with Crippen molar-refractivity contribution in [3.8, 4) is 11.1 Å². The van der Waals surface area contributed by atoms with E-state index in [0.29, 0.717) is 10.7 Å². The Labute approximate surface area is 201 Å². The van der Waals surface area contributed by atoms with E-state index in [-0.39, 0.29) is 23.9 Å². The molecule has 3 aromatic rings. The molecule has 176 valence electrons.